The Morgan fingerprint density at radius 3 is 2.48 bits per heavy atom. The van der Waals surface area contributed by atoms with Crippen molar-refractivity contribution in [1.29, 1.82) is 0 Å². The fourth-order valence-electron chi connectivity index (χ4n) is 6.03. The van der Waals surface area contributed by atoms with Crippen molar-refractivity contribution in [1.82, 2.24) is 15.2 Å². The first kappa shape index (κ1) is 20.7. The summed E-state index contributed by atoms with van der Waals surface area (Å²) in [5.41, 5.74) is 0.574. The van der Waals surface area contributed by atoms with Gasteiger partial charge in [0.2, 0.25) is 0 Å². The molecule has 1 saturated heterocycles. The summed E-state index contributed by atoms with van der Waals surface area (Å²) in [5, 5.41) is 14.8. The Hall–Kier alpha value is -2.24. The second-order valence-corrected chi connectivity index (χ2v) is 9.72. The van der Waals surface area contributed by atoms with Crippen LogP contribution >= 0.6 is 0 Å². The minimum Gasteiger partial charge on any atom is -0.375 e. The first-order chi connectivity index (χ1) is 15.2. The summed E-state index contributed by atoms with van der Waals surface area (Å²) in [6, 6.07) is 13.7. The third kappa shape index (κ3) is 4.13. The fourth-order valence-corrected chi connectivity index (χ4v) is 6.03. The zero-order chi connectivity index (χ0) is 21.3. The predicted molar refractivity (Wildman–Crippen MR) is 120 cm³/mol. The fraction of sp³-hybridized carbons (Fsp3) is 0.538. The van der Waals surface area contributed by atoms with Crippen LogP contribution in [0.2, 0.25) is 0 Å². The van der Waals surface area contributed by atoms with Gasteiger partial charge in [0.25, 0.3) is 5.91 Å². The molecule has 1 aliphatic heterocycles. The van der Waals surface area contributed by atoms with Gasteiger partial charge in [-0.2, -0.15) is 0 Å². The SMILES string of the molecule is O=C(NCC1C2CN(Cc3cccnc3)CC12)C(O)(c1ccccc1)C1CCCCC1. The van der Waals surface area contributed by atoms with Gasteiger partial charge >= 0.3 is 0 Å². The largest absolute Gasteiger partial charge is 0.375 e. The van der Waals surface area contributed by atoms with Crippen LogP contribution in [0.15, 0.2) is 54.9 Å². The van der Waals surface area contributed by atoms with Gasteiger partial charge in [0.05, 0.1) is 0 Å². The lowest BCUT2D eigenvalue weighted by atomic mass is 9.73. The molecule has 3 fully saturated rings. The van der Waals surface area contributed by atoms with Crippen molar-refractivity contribution < 1.29 is 9.90 Å². The molecule has 164 valence electrons. The molecule has 5 nitrogen and oxygen atoms in total. The molecule has 3 aliphatic rings. The molecule has 2 aliphatic carbocycles. The molecule has 2 saturated carbocycles. The zero-order valence-corrected chi connectivity index (χ0v) is 18.1. The Bertz CT molecular complexity index is 872. The summed E-state index contributed by atoms with van der Waals surface area (Å²) in [5.74, 6) is 1.66. The van der Waals surface area contributed by atoms with Gasteiger partial charge in [-0.25, -0.2) is 0 Å². The summed E-state index contributed by atoms with van der Waals surface area (Å²) in [6.07, 6.45) is 8.96. The van der Waals surface area contributed by atoms with E-state index >= 15 is 0 Å². The van der Waals surface area contributed by atoms with E-state index in [-0.39, 0.29) is 11.8 Å². The number of hydrogen-bond acceptors (Lipinski definition) is 4. The van der Waals surface area contributed by atoms with Gasteiger partial charge in [-0.05, 0) is 47.8 Å². The lowest BCUT2D eigenvalue weighted by Gasteiger charge is -2.37. The van der Waals surface area contributed by atoms with Gasteiger partial charge in [0.1, 0.15) is 0 Å². The number of fused-ring (bicyclic) bond motifs is 1. The van der Waals surface area contributed by atoms with Crippen LogP contribution in [0, 0.1) is 23.7 Å². The van der Waals surface area contributed by atoms with E-state index in [9.17, 15) is 9.90 Å². The molecule has 3 unspecified atom stereocenters. The van der Waals surface area contributed by atoms with E-state index in [0.717, 1.165) is 50.9 Å². The minimum atomic E-state index is -1.42. The molecule has 1 amide bonds. The van der Waals surface area contributed by atoms with Crippen LogP contribution in [0.25, 0.3) is 0 Å². The lowest BCUT2D eigenvalue weighted by molar-refractivity contribution is -0.149. The van der Waals surface area contributed by atoms with Crippen molar-refractivity contribution in [3.05, 3.63) is 66.0 Å². The quantitative estimate of drug-likeness (QED) is 0.722. The molecular weight excluding hydrogens is 386 g/mol. The Balaban J connectivity index is 1.18. The highest BCUT2D eigenvalue weighted by Crippen LogP contribution is 2.51. The van der Waals surface area contributed by atoms with Crippen molar-refractivity contribution in [2.24, 2.45) is 23.7 Å². The maximum absolute atomic E-state index is 13.3. The zero-order valence-electron chi connectivity index (χ0n) is 18.1. The Morgan fingerprint density at radius 2 is 1.81 bits per heavy atom. The number of carbonyl (C=O) groups excluding carboxylic acids is 1. The Morgan fingerprint density at radius 1 is 1.06 bits per heavy atom. The summed E-state index contributed by atoms with van der Waals surface area (Å²) in [7, 11) is 0. The van der Waals surface area contributed by atoms with Crippen LogP contribution in [0.4, 0.5) is 0 Å². The van der Waals surface area contributed by atoms with Gasteiger partial charge in [-0.3, -0.25) is 14.7 Å². The normalized spacial score (nSPS) is 28.0. The number of likely N-dealkylation sites (tertiary alicyclic amines) is 1. The highest BCUT2D eigenvalue weighted by Gasteiger charge is 2.55. The van der Waals surface area contributed by atoms with E-state index in [2.05, 4.69) is 21.3 Å². The maximum atomic E-state index is 13.3. The molecular formula is C26H33N3O2. The first-order valence-corrected chi connectivity index (χ1v) is 11.8. The van der Waals surface area contributed by atoms with Gasteiger partial charge in [0, 0.05) is 44.5 Å². The number of piperidine rings is 1. The number of amides is 1. The summed E-state index contributed by atoms with van der Waals surface area (Å²) >= 11 is 0. The second-order valence-electron chi connectivity index (χ2n) is 9.72. The maximum Gasteiger partial charge on any atom is 0.256 e. The number of pyridine rings is 1. The molecule has 1 aromatic carbocycles. The molecule has 2 aromatic rings. The summed E-state index contributed by atoms with van der Waals surface area (Å²) in [6.45, 7) is 3.81. The van der Waals surface area contributed by atoms with E-state index in [0.29, 0.717) is 24.3 Å². The molecule has 0 bridgehead atoms. The van der Waals surface area contributed by atoms with Gasteiger partial charge < -0.3 is 10.4 Å². The number of aliphatic hydroxyl groups is 1. The van der Waals surface area contributed by atoms with Crippen molar-refractivity contribution in [2.75, 3.05) is 19.6 Å². The van der Waals surface area contributed by atoms with E-state index in [1.54, 1.807) is 0 Å². The van der Waals surface area contributed by atoms with Crippen molar-refractivity contribution in [3.8, 4) is 0 Å². The van der Waals surface area contributed by atoms with E-state index in [1.807, 2.05) is 48.8 Å². The van der Waals surface area contributed by atoms with E-state index in [4.69, 9.17) is 0 Å². The minimum absolute atomic E-state index is 0.00248. The number of rotatable bonds is 7. The van der Waals surface area contributed by atoms with Crippen molar-refractivity contribution >= 4 is 5.91 Å². The van der Waals surface area contributed by atoms with Crippen LogP contribution in [0.1, 0.15) is 43.2 Å². The molecule has 2 N–H and O–H groups in total. The predicted octanol–water partition coefficient (Wildman–Crippen LogP) is 3.34. The average molecular weight is 420 g/mol. The molecule has 0 radical (unpaired) electrons. The number of nitrogens with one attached hydrogen (secondary N) is 1. The number of aromatic nitrogens is 1. The first-order valence-electron chi connectivity index (χ1n) is 11.8. The van der Waals surface area contributed by atoms with Crippen LogP contribution in [0.3, 0.4) is 0 Å². The van der Waals surface area contributed by atoms with Crippen LogP contribution in [-0.4, -0.2) is 40.5 Å². The third-order valence-corrected chi connectivity index (χ3v) is 7.83. The Labute approximate surface area is 184 Å². The molecule has 1 aromatic heterocycles. The molecule has 31 heavy (non-hydrogen) atoms. The third-order valence-electron chi connectivity index (χ3n) is 7.83. The standard InChI is InChI=1S/C26H33N3O2/c30-25(26(31,20-9-3-1-4-10-20)21-11-5-2-6-12-21)28-15-22-23-17-29(18-24(22)23)16-19-8-7-13-27-14-19/h1,3-4,7-10,13-14,21-24,31H,2,5-6,11-12,15-18H2,(H,28,30). The summed E-state index contributed by atoms with van der Waals surface area (Å²) in [4.78, 5) is 20.0. The molecule has 5 heteroatoms. The second kappa shape index (κ2) is 8.71. The smallest absolute Gasteiger partial charge is 0.256 e. The molecule has 3 atom stereocenters. The van der Waals surface area contributed by atoms with Gasteiger partial charge in [-0.1, -0.05) is 55.7 Å². The average Bonchev–Trinajstić information content (AvgIpc) is 3.29. The van der Waals surface area contributed by atoms with Crippen LogP contribution in [0.5, 0.6) is 0 Å². The lowest BCUT2D eigenvalue weighted by Crippen LogP contribution is -2.50. The molecule has 0 spiro atoms. The Kier molecular flexibility index (Phi) is 5.81. The monoisotopic (exact) mass is 419 g/mol. The van der Waals surface area contributed by atoms with E-state index < -0.39 is 5.60 Å². The highest BCUT2D eigenvalue weighted by atomic mass is 16.3. The van der Waals surface area contributed by atoms with Crippen LogP contribution in [-0.2, 0) is 16.9 Å². The number of nitrogens with zero attached hydrogens (tertiary/aromatic N) is 2. The van der Waals surface area contributed by atoms with Crippen molar-refractivity contribution in [3.63, 3.8) is 0 Å². The number of hydrogen-bond donors (Lipinski definition) is 2. The summed E-state index contributed by atoms with van der Waals surface area (Å²) < 4.78 is 0. The molecule has 2 heterocycles. The topological polar surface area (TPSA) is 65.5 Å². The van der Waals surface area contributed by atoms with Crippen LogP contribution < -0.4 is 5.32 Å². The number of carbonyl (C=O) groups is 1. The molecule has 5 rings (SSSR count). The van der Waals surface area contributed by atoms with E-state index in [1.165, 1.54) is 12.0 Å². The van der Waals surface area contributed by atoms with Gasteiger partial charge in [0.15, 0.2) is 5.60 Å². The highest BCUT2D eigenvalue weighted by molar-refractivity contribution is 5.86. The van der Waals surface area contributed by atoms with Gasteiger partial charge in [-0.15, -0.1) is 0 Å². The van der Waals surface area contributed by atoms with Crippen molar-refractivity contribution in [2.45, 2.75) is 44.2 Å². The number of benzene rings is 1.